The molecule has 0 saturated carbocycles. The largest absolute Gasteiger partial charge is 0.264 e. The van der Waals surface area contributed by atoms with Gasteiger partial charge >= 0.3 is 0 Å². The number of benzene rings is 1. The van der Waals surface area contributed by atoms with Gasteiger partial charge in [0.05, 0.1) is 11.4 Å². The number of nitrogens with zero attached hydrogens (tertiary/aromatic N) is 2. The molecule has 5 nitrogen and oxygen atoms in total. The molecule has 20 heavy (non-hydrogen) atoms. The summed E-state index contributed by atoms with van der Waals surface area (Å²) in [6.45, 7) is 2.37. The van der Waals surface area contributed by atoms with Crippen molar-refractivity contribution in [3.05, 3.63) is 59.4 Å². The molecular formula is C14H13N3O2S. The molecule has 0 fully saturated rings. The molecule has 0 spiro atoms. The molecule has 6 heteroatoms. The van der Waals surface area contributed by atoms with Crippen molar-refractivity contribution in [1.82, 2.24) is 9.71 Å². The summed E-state index contributed by atoms with van der Waals surface area (Å²) in [5, 5.41) is 0. The molecule has 1 aromatic heterocycles. The zero-order valence-electron chi connectivity index (χ0n) is 10.9. The lowest BCUT2D eigenvalue weighted by atomic mass is 10.1. The molecule has 0 aliphatic carbocycles. The predicted molar refractivity (Wildman–Crippen MR) is 76.0 cm³/mol. The van der Waals surface area contributed by atoms with Crippen LogP contribution in [0.4, 0.5) is 0 Å². The SMILES string of the molecule is Cc1ccncc1CN=C1NS(=O)(=O)c2ccccc21. The summed E-state index contributed by atoms with van der Waals surface area (Å²) >= 11 is 0. The minimum Gasteiger partial charge on any atom is -0.264 e. The Morgan fingerprint density at radius 2 is 2.05 bits per heavy atom. The lowest BCUT2D eigenvalue weighted by Crippen LogP contribution is -2.22. The van der Waals surface area contributed by atoms with Crippen LogP contribution in [0.3, 0.4) is 0 Å². The van der Waals surface area contributed by atoms with Gasteiger partial charge in [0.1, 0.15) is 5.84 Å². The molecule has 102 valence electrons. The topological polar surface area (TPSA) is 71.4 Å². The third-order valence-corrected chi connectivity index (χ3v) is 4.61. The first-order valence-electron chi connectivity index (χ1n) is 6.14. The Kier molecular flexibility index (Phi) is 3.02. The van der Waals surface area contributed by atoms with Crippen LogP contribution >= 0.6 is 0 Å². The van der Waals surface area contributed by atoms with Crippen LogP contribution < -0.4 is 4.72 Å². The van der Waals surface area contributed by atoms with E-state index in [0.29, 0.717) is 17.9 Å². The van der Waals surface area contributed by atoms with Crippen molar-refractivity contribution < 1.29 is 8.42 Å². The summed E-state index contributed by atoms with van der Waals surface area (Å²) in [6, 6.07) is 8.73. The zero-order chi connectivity index (χ0) is 14.2. The molecule has 0 radical (unpaired) electrons. The molecular weight excluding hydrogens is 274 g/mol. The van der Waals surface area contributed by atoms with E-state index in [1.807, 2.05) is 13.0 Å². The van der Waals surface area contributed by atoms with E-state index < -0.39 is 10.0 Å². The second-order valence-corrected chi connectivity index (χ2v) is 6.22. The van der Waals surface area contributed by atoms with Crippen molar-refractivity contribution in [2.24, 2.45) is 4.99 Å². The Labute approximate surface area is 117 Å². The van der Waals surface area contributed by atoms with E-state index in [1.165, 1.54) is 0 Å². The van der Waals surface area contributed by atoms with Gasteiger partial charge in [0.25, 0.3) is 10.0 Å². The maximum atomic E-state index is 11.9. The fraction of sp³-hybridized carbons (Fsp3) is 0.143. The molecule has 1 N–H and O–H groups in total. The first-order chi connectivity index (χ1) is 9.58. The molecule has 3 rings (SSSR count). The number of amidine groups is 1. The van der Waals surface area contributed by atoms with Crippen molar-refractivity contribution >= 4 is 15.9 Å². The highest BCUT2D eigenvalue weighted by Crippen LogP contribution is 2.22. The number of hydrogen-bond donors (Lipinski definition) is 1. The minimum atomic E-state index is -3.47. The van der Waals surface area contributed by atoms with Gasteiger partial charge in [-0.1, -0.05) is 12.1 Å². The van der Waals surface area contributed by atoms with Crippen LogP contribution in [0, 0.1) is 6.92 Å². The summed E-state index contributed by atoms with van der Waals surface area (Å²) in [6.07, 6.45) is 3.47. The van der Waals surface area contributed by atoms with Crippen molar-refractivity contribution in [3.8, 4) is 0 Å². The molecule has 0 atom stereocenters. The normalized spacial score (nSPS) is 17.8. The number of aliphatic imine (C=N–C) groups is 1. The second-order valence-electron chi connectivity index (χ2n) is 4.57. The lowest BCUT2D eigenvalue weighted by molar-refractivity contribution is 0.595. The van der Waals surface area contributed by atoms with E-state index in [0.717, 1.165) is 11.1 Å². The number of sulfonamides is 1. The Bertz CT molecular complexity index is 798. The van der Waals surface area contributed by atoms with Gasteiger partial charge in [0.2, 0.25) is 0 Å². The third-order valence-electron chi connectivity index (χ3n) is 3.22. The van der Waals surface area contributed by atoms with Gasteiger partial charge in [-0.2, -0.15) is 0 Å². The summed E-state index contributed by atoms with van der Waals surface area (Å²) in [5.41, 5.74) is 2.68. The highest BCUT2D eigenvalue weighted by molar-refractivity contribution is 7.90. The van der Waals surface area contributed by atoms with E-state index in [2.05, 4.69) is 14.7 Å². The van der Waals surface area contributed by atoms with Crippen molar-refractivity contribution in [3.63, 3.8) is 0 Å². The van der Waals surface area contributed by atoms with E-state index in [4.69, 9.17) is 0 Å². The van der Waals surface area contributed by atoms with Gasteiger partial charge in [-0.25, -0.2) is 8.42 Å². The second kappa shape index (κ2) is 4.72. The molecule has 2 aromatic rings. The van der Waals surface area contributed by atoms with Crippen LogP contribution in [0.2, 0.25) is 0 Å². The van der Waals surface area contributed by atoms with Gasteiger partial charge < -0.3 is 0 Å². The average Bonchev–Trinajstić information content (AvgIpc) is 2.70. The summed E-state index contributed by atoms with van der Waals surface area (Å²) < 4.78 is 26.4. The smallest absolute Gasteiger partial charge is 0.263 e. The summed E-state index contributed by atoms with van der Waals surface area (Å²) in [7, 11) is -3.47. The van der Waals surface area contributed by atoms with Crippen LogP contribution in [0.25, 0.3) is 0 Å². The maximum Gasteiger partial charge on any atom is 0.263 e. The van der Waals surface area contributed by atoms with Crippen LogP contribution in [0.1, 0.15) is 16.7 Å². The zero-order valence-corrected chi connectivity index (χ0v) is 11.7. The van der Waals surface area contributed by atoms with Crippen LogP contribution in [-0.4, -0.2) is 19.2 Å². The highest BCUT2D eigenvalue weighted by Gasteiger charge is 2.29. The van der Waals surface area contributed by atoms with Crippen molar-refractivity contribution in [2.75, 3.05) is 0 Å². The number of nitrogens with one attached hydrogen (secondary N) is 1. The molecule has 1 aliphatic rings. The third kappa shape index (κ3) is 2.18. The van der Waals surface area contributed by atoms with Gasteiger partial charge in [-0.15, -0.1) is 0 Å². The Hall–Kier alpha value is -2.21. The summed E-state index contributed by atoms with van der Waals surface area (Å²) in [5.74, 6) is 0.392. The van der Waals surface area contributed by atoms with Crippen LogP contribution in [0.15, 0.2) is 52.6 Å². The average molecular weight is 287 g/mol. The molecule has 0 unspecified atom stereocenters. The quantitative estimate of drug-likeness (QED) is 0.912. The lowest BCUT2D eigenvalue weighted by Gasteiger charge is -2.02. The minimum absolute atomic E-state index is 0.279. The van der Waals surface area contributed by atoms with E-state index in [-0.39, 0.29) is 4.90 Å². The van der Waals surface area contributed by atoms with E-state index >= 15 is 0 Å². The standard InChI is InChI=1S/C14H13N3O2S/c1-10-6-7-15-8-11(10)9-16-14-12-4-2-3-5-13(12)20(18,19)17-14/h2-8H,9H2,1H3,(H,16,17). The molecule has 0 bridgehead atoms. The fourth-order valence-electron chi connectivity index (χ4n) is 2.08. The van der Waals surface area contributed by atoms with Gasteiger partial charge in [0.15, 0.2) is 0 Å². The first kappa shape index (κ1) is 12.8. The van der Waals surface area contributed by atoms with E-state index in [1.54, 1.807) is 36.7 Å². The van der Waals surface area contributed by atoms with Gasteiger partial charge in [-0.3, -0.25) is 14.7 Å². The number of fused-ring (bicyclic) bond motifs is 1. The predicted octanol–water partition coefficient (Wildman–Crippen LogP) is 1.63. The highest BCUT2D eigenvalue weighted by atomic mass is 32.2. The Morgan fingerprint density at radius 1 is 1.25 bits per heavy atom. The summed E-state index contributed by atoms with van der Waals surface area (Å²) in [4.78, 5) is 8.71. The number of aryl methyl sites for hydroxylation is 1. The molecule has 2 heterocycles. The Balaban J connectivity index is 1.97. The number of rotatable bonds is 2. The number of aromatic nitrogens is 1. The monoisotopic (exact) mass is 287 g/mol. The molecule has 1 aliphatic heterocycles. The van der Waals surface area contributed by atoms with Crippen molar-refractivity contribution in [1.29, 1.82) is 0 Å². The maximum absolute atomic E-state index is 11.9. The van der Waals surface area contributed by atoms with Gasteiger partial charge in [0, 0.05) is 18.0 Å². The van der Waals surface area contributed by atoms with E-state index in [9.17, 15) is 8.42 Å². The number of hydrogen-bond acceptors (Lipinski definition) is 4. The van der Waals surface area contributed by atoms with Crippen molar-refractivity contribution in [2.45, 2.75) is 18.4 Å². The molecule has 0 amide bonds. The Morgan fingerprint density at radius 3 is 2.85 bits per heavy atom. The fourth-order valence-corrected chi connectivity index (χ4v) is 3.33. The molecule has 0 saturated heterocycles. The number of pyridine rings is 1. The molecule has 1 aromatic carbocycles. The van der Waals surface area contributed by atoms with Crippen LogP contribution in [-0.2, 0) is 16.6 Å². The first-order valence-corrected chi connectivity index (χ1v) is 7.62. The van der Waals surface area contributed by atoms with Gasteiger partial charge in [-0.05, 0) is 36.2 Å². The van der Waals surface area contributed by atoms with Crippen LogP contribution in [0.5, 0.6) is 0 Å².